The minimum absolute atomic E-state index is 0.0460. The van der Waals surface area contributed by atoms with E-state index in [0.717, 1.165) is 19.5 Å². The summed E-state index contributed by atoms with van der Waals surface area (Å²) >= 11 is 0. The van der Waals surface area contributed by atoms with Crippen molar-refractivity contribution >= 4 is 5.91 Å². The van der Waals surface area contributed by atoms with Crippen molar-refractivity contribution in [1.29, 1.82) is 0 Å². The minimum atomic E-state index is -0.393. The Morgan fingerprint density at radius 2 is 2.42 bits per heavy atom. The number of nitrogens with two attached hydrogens (primary N) is 1. The van der Waals surface area contributed by atoms with Crippen molar-refractivity contribution < 1.29 is 4.79 Å². The van der Waals surface area contributed by atoms with Gasteiger partial charge in [0.1, 0.15) is 0 Å². The lowest BCUT2D eigenvalue weighted by atomic mass is 10.2. The highest BCUT2D eigenvalue weighted by molar-refractivity contribution is 5.81. The molecule has 0 bridgehead atoms. The third kappa shape index (κ3) is 2.46. The number of rotatable bonds is 2. The first-order valence-corrected chi connectivity index (χ1v) is 4.34. The predicted octanol–water partition coefficient (Wildman–Crippen LogP) is -0.846. The van der Waals surface area contributed by atoms with Crippen LogP contribution in [0.4, 0.5) is 0 Å². The lowest BCUT2D eigenvalue weighted by Gasteiger charge is -2.14. The Labute approximate surface area is 73.1 Å². The van der Waals surface area contributed by atoms with Gasteiger partial charge in [-0.1, -0.05) is 0 Å². The van der Waals surface area contributed by atoms with Gasteiger partial charge in [-0.05, 0) is 26.9 Å². The number of carbonyl (C=O) groups excluding carboxylic acids is 1. The first-order valence-electron chi connectivity index (χ1n) is 4.34. The quantitative estimate of drug-likeness (QED) is 0.569. The maximum Gasteiger partial charge on any atom is 0.236 e. The summed E-state index contributed by atoms with van der Waals surface area (Å²) < 4.78 is 0. The van der Waals surface area contributed by atoms with Crippen LogP contribution in [0, 0.1) is 0 Å². The van der Waals surface area contributed by atoms with Crippen LogP contribution < -0.4 is 11.1 Å². The number of carbonyl (C=O) groups is 1. The van der Waals surface area contributed by atoms with Crippen LogP contribution in [0.1, 0.15) is 13.3 Å². The fraction of sp³-hybridized carbons (Fsp3) is 0.875. The first-order chi connectivity index (χ1) is 5.59. The molecule has 1 fully saturated rings. The van der Waals surface area contributed by atoms with Crippen LogP contribution in [-0.4, -0.2) is 43.0 Å². The van der Waals surface area contributed by atoms with E-state index in [1.807, 2.05) is 0 Å². The van der Waals surface area contributed by atoms with Crippen molar-refractivity contribution in [2.24, 2.45) is 5.73 Å². The number of amides is 1. The van der Waals surface area contributed by atoms with E-state index >= 15 is 0 Å². The molecule has 3 N–H and O–H groups in total. The molecule has 4 nitrogen and oxygen atoms in total. The van der Waals surface area contributed by atoms with Crippen molar-refractivity contribution in [3.8, 4) is 0 Å². The highest BCUT2D eigenvalue weighted by Crippen LogP contribution is 2.05. The van der Waals surface area contributed by atoms with E-state index < -0.39 is 6.04 Å². The van der Waals surface area contributed by atoms with Crippen LogP contribution in [-0.2, 0) is 4.79 Å². The van der Waals surface area contributed by atoms with E-state index in [1.54, 1.807) is 6.92 Å². The first kappa shape index (κ1) is 9.48. The standard InChI is InChI=1S/C8H17N3O/c1-6(9)8(12)10-7-3-4-11(2)5-7/h6-7H,3-5,9H2,1-2H3,(H,10,12)/t6-,7-/m0/s1. The molecule has 0 radical (unpaired) electrons. The van der Waals surface area contributed by atoms with E-state index in [4.69, 9.17) is 5.73 Å². The van der Waals surface area contributed by atoms with Crippen LogP contribution in [0.3, 0.4) is 0 Å². The molecule has 0 spiro atoms. The van der Waals surface area contributed by atoms with E-state index in [1.165, 1.54) is 0 Å². The van der Waals surface area contributed by atoms with Crippen LogP contribution in [0.15, 0.2) is 0 Å². The number of likely N-dealkylation sites (tertiary alicyclic amines) is 1. The second-order valence-corrected chi connectivity index (χ2v) is 3.55. The van der Waals surface area contributed by atoms with E-state index in [-0.39, 0.29) is 5.91 Å². The van der Waals surface area contributed by atoms with Crippen LogP contribution in [0.5, 0.6) is 0 Å². The summed E-state index contributed by atoms with van der Waals surface area (Å²) in [5.74, 6) is -0.0460. The molecule has 70 valence electrons. The lowest BCUT2D eigenvalue weighted by Crippen LogP contribution is -2.44. The van der Waals surface area contributed by atoms with Gasteiger partial charge in [0.2, 0.25) is 5.91 Å². The second kappa shape index (κ2) is 3.87. The van der Waals surface area contributed by atoms with Crippen molar-refractivity contribution in [2.75, 3.05) is 20.1 Å². The number of hydrogen-bond donors (Lipinski definition) is 2. The normalized spacial score (nSPS) is 27.1. The zero-order valence-electron chi connectivity index (χ0n) is 7.71. The van der Waals surface area contributed by atoms with Crippen LogP contribution in [0.2, 0.25) is 0 Å². The molecule has 0 aromatic heterocycles. The average Bonchev–Trinajstić information content (AvgIpc) is 2.35. The Kier molecular flexibility index (Phi) is 3.05. The molecule has 1 heterocycles. The SMILES string of the molecule is C[C@H](N)C(=O)N[C@H]1CCN(C)C1. The Morgan fingerprint density at radius 1 is 1.75 bits per heavy atom. The van der Waals surface area contributed by atoms with Gasteiger partial charge in [0.05, 0.1) is 6.04 Å². The van der Waals surface area contributed by atoms with E-state index in [9.17, 15) is 4.79 Å². The predicted molar refractivity (Wildman–Crippen MR) is 47.7 cm³/mol. The molecule has 12 heavy (non-hydrogen) atoms. The van der Waals surface area contributed by atoms with Crippen molar-refractivity contribution in [3.05, 3.63) is 0 Å². The smallest absolute Gasteiger partial charge is 0.236 e. The molecule has 1 saturated heterocycles. The number of hydrogen-bond acceptors (Lipinski definition) is 3. The fourth-order valence-electron chi connectivity index (χ4n) is 1.39. The summed E-state index contributed by atoms with van der Waals surface area (Å²) in [4.78, 5) is 13.4. The highest BCUT2D eigenvalue weighted by Gasteiger charge is 2.21. The Hall–Kier alpha value is -0.610. The molecule has 1 amide bonds. The molecule has 1 aliphatic rings. The molecule has 0 aromatic carbocycles. The van der Waals surface area contributed by atoms with Gasteiger partial charge in [-0.3, -0.25) is 4.79 Å². The zero-order valence-corrected chi connectivity index (χ0v) is 7.71. The van der Waals surface area contributed by atoms with Gasteiger partial charge in [0.15, 0.2) is 0 Å². The van der Waals surface area contributed by atoms with Gasteiger partial charge in [-0.15, -0.1) is 0 Å². The van der Waals surface area contributed by atoms with Gasteiger partial charge in [-0.25, -0.2) is 0 Å². The van der Waals surface area contributed by atoms with Crippen LogP contribution >= 0.6 is 0 Å². The van der Waals surface area contributed by atoms with E-state index in [2.05, 4.69) is 17.3 Å². The Bertz CT molecular complexity index is 170. The molecule has 0 aliphatic carbocycles. The van der Waals surface area contributed by atoms with Gasteiger partial charge >= 0.3 is 0 Å². The third-order valence-electron chi connectivity index (χ3n) is 2.15. The maximum absolute atomic E-state index is 11.2. The Morgan fingerprint density at radius 3 is 2.83 bits per heavy atom. The van der Waals surface area contributed by atoms with Gasteiger partial charge in [0, 0.05) is 12.6 Å². The van der Waals surface area contributed by atoms with Gasteiger partial charge in [0.25, 0.3) is 0 Å². The van der Waals surface area contributed by atoms with Crippen molar-refractivity contribution in [2.45, 2.75) is 25.4 Å². The second-order valence-electron chi connectivity index (χ2n) is 3.55. The monoisotopic (exact) mass is 171 g/mol. The van der Waals surface area contributed by atoms with Gasteiger partial charge in [-0.2, -0.15) is 0 Å². The third-order valence-corrected chi connectivity index (χ3v) is 2.15. The maximum atomic E-state index is 11.2. The largest absolute Gasteiger partial charge is 0.351 e. The number of nitrogens with one attached hydrogen (secondary N) is 1. The molecule has 0 aromatic rings. The summed E-state index contributed by atoms with van der Waals surface area (Å²) in [6.45, 7) is 3.70. The molecule has 2 atom stereocenters. The Balaban J connectivity index is 2.28. The molecule has 0 unspecified atom stereocenters. The summed E-state index contributed by atoms with van der Waals surface area (Å²) in [5, 5.41) is 2.90. The molecular formula is C8H17N3O. The minimum Gasteiger partial charge on any atom is -0.351 e. The number of nitrogens with zero attached hydrogens (tertiary/aromatic N) is 1. The molecule has 1 aliphatic heterocycles. The summed E-state index contributed by atoms with van der Waals surface area (Å²) in [6.07, 6.45) is 1.04. The molecular weight excluding hydrogens is 154 g/mol. The highest BCUT2D eigenvalue weighted by atomic mass is 16.2. The number of likely N-dealkylation sites (N-methyl/N-ethyl adjacent to an activating group) is 1. The summed E-state index contributed by atoms with van der Waals surface area (Å²) in [7, 11) is 2.05. The molecule has 0 saturated carbocycles. The average molecular weight is 171 g/mol. The van der Waals surface area contributed by atoms with Gasteiger partial charge < -0.3 is 16.0 Å². The van der Waals surface area contributed by atoms with Crippen LogP contribution in [0.25, 0.3) is 0 Å². The fourth-order valence-corrected chi connectivity index (χ4v) is 1.39. The van der Waals surface area contributed by atoms with Crippen molar-refractivity contribution in [3.63, 3.8) is 0 Å². The summed E-state index contributed by atoms with van der Waals surface area (Å²) in [6, 6.07) is -0.0931. The molecule has 4 heteroatoms. The topological polar surface area (TPSA) is 58.4 Å². The van der Waals surface area contributed by atoms with E-state index in [0.29, 0.717) is 6.04 Å². The lowest BCUT2D eigenvalue weighted by molar-refractivity contribution is -0.122. The van der Waals surface area contributed by atoms with Crippen molar-refractivity contribution in [1.82, 2.24) is 10.2 Å². The zero-order chi connectivity index (χ0) is 9.14. The molecule has 1 rings (SSSR count). The summed E-state index contributed by atoms with van der Waals surface area (Å²) in [5.41, 5.74) is 5.42.